The molecule has 0 aliphatic carbocycles. The molecule has 0 heterocycles. The first-order chi connectivity index (χ1) is 10.1. The monoisotopic (exact) mass is 344 g/mol. The van der Waals surface area contributed by atoms with Gasteiger partial charge in [0, 0.05) is 5.56 Å². The van der Waals surface area contributed by atoms with Crippen LogP contribution in [0.15, 0.2) is 59.1 Å². The van der Waals surface area contributed by atoms with Crippen molar-refractivity contribution in [2.24, 2.45) is 0 Å². The molecule has 0 bridgehead atoms. The van der Waals surface area contributed by atoms with Gasteiger partial charge in [-0.1, -0.05) is 48.5 Å². The zero-order valence-electron chi connectivity index (χ0n) is 11.5. The number of aliphatic hydroxyl groups excluding tert-OH is 1. The number of aliphatic hydroxyl groups is 1. The minimum Gasteiger partial charge on any atom is -0.384 e. The Kier molecular flexibility index (Phi) is 3.79. The summed E-state index contributed by atoms with van der Waals surface area (Å²) in [4.78, 5) is 0. The predicted octanol–water partition coefficient (Wildman–Crippen LogP) is 5.13. The summed E-state index contributed by atoms with van der Waals surface area (Å²) in [5.41, 5.74) is 1.98. The van der Waals surface area contributed by atoms with Crippen LogP contribution in [0.1, 0.15) is 22.8 Å². The Bertz CT molecular complexity index is 813. The summed E-state index contributed by atoms with van der Waals surface area (Å²) >= 11 is 3.17. The second-order valence-corrected chi connectivity index (χ2v) is 5.92. The molecule has 1 atom stereocenters. The van der Waals surface area contributed by atoms with Crippen molar-refractivity contribution in [2.75, 3.05) is 0 Å². The first-order valence-corrected chi connectivity index (χ1v) is 7.49. The molecule has 21 heavy (non-hydrogen) atoms. The summed E-state index contributed by atoms with van der Waals surface area (Å²) < 4.78 is 14.6. The van der Waals surface area contributed by atoms with E-state index in [2.05, 4.69) is 15.9 Å². The SMILES string of the molecule is Cc1ccc2ccccc2c1C(O)c1cccc(Br)c1F. The van der Waals surface area contributed by atoms with Crippen LogP contribution in [0.5, 0.6) is 0 Å². The molecule has 0 saturated heterocycles. The largest absolute Gasteiger partial charge is 0.384 e. The van der Waals surface area contributed by atoms with Gasteiger partial charge in [0.25, 0.3) is 0 Å². The average Bonchev–Trinajstić information content (AvgIpc) is 2.49. The fourth-order valence-corrected chi connectivity index (χ4v) is 3.04. The predicted molar refractivity (Wildman–Crippen MR) is 86.8 cm³/mol. The standard InChI is InChI=1S/C18H14BrFO/c1-11-9-10-12-5-2-3-6-13(12)16(11)18(21)14-7-4-8-15(19)17(14)20/h2-10,18,21H,1H3. The maximum absolute atomic E-state index is 14.3. The highest BCUT2D eigenvalue weighted by Gasteiger charge is 2.20. The van der Waals surface area contributed by atoms with Crippen molar-refractivity contribution in [2.45, 2.75) is 13.0 Å². The number of halogens is 2. The van der Waals surface area contributed by atoms with Gasteiger partial charge in [-0.2, -0.15) is 0 Å². The zero-order valence-corrected chi connectivity index (χ0v) is 13.1. The number of benzene rings is 3. The number of rotatable bonds is 2. The van der Waals surface area contributed by atoms with E-state index >= 15 is 0 Å². The van der Waals surface area contributed by atoms with E-state index in [-0.39, 0.29) is 5.56 Å². The maximum atomic E-state index is 14.3. The Balaban J connectivity index is 2.24. The van der Waals surface area contributed by atoms with Gasteiger partial charge in [-0.3, -0.25) is 0 Å². The van der Waals surface area contributed by atoms with E-state index in [0.717, 1.165) is 21.9 Å². The van der Waals surface area contributed by atoms with Gasteiger partial charge in [-0.05, 0) is 50.8 Å². The molecule has 0 amide bonds. The van der Waals surface area contributed by atoms with E-state index in [1.165, 1.54) is 0 Å². The highest BCUT2D eigenvalue weighted by molar-refractivity contribution is 9.10. The molecule has 0 aliphatic heterocycles. The third kappa shape index (κ3) is 2.47. The van der Waals surface area contributed by atoms with Crippen LogP contribution >= 0.6 is 15.9 Å². The van der Waals surface area contributed by atoms with Crippen LogP contribution < -0.4 is 0 Å². The fourth-order valence-electron chi connectivity index (χ4n) is 2.65. The van der Waals surface area contributed by atoms with Crippen LogP contribution in [0.4, 0.5) is 4.39 Å². The highest BCUT2D eigenvalue weighted by Crippen LogP contribution is 2.34. The van der Waals surface area contributed by atoms with Crippen molar-refractivity contribution in [1.29, 1.82) is 0 Å². The van der Waals surface area contributed by atoms with Crippen LogP contribution in [0.2, 0.25) is 0 Å². The molecule has 1 N–H and O–H groups in total. The lowest BCUT2D eigenvalue weighted by atomic mass is 9.92. The molecule has 0 fully saturated rings. The summed E-state index contributed by atoms with van der Waals surface area (Å²) in [5, 5.41) is 12.7. The summed E-state index contributed by atoms with van der Waals surface area (Å²) in [5.74, 6) is -0.419. The molecule has 3 rings (SSSR count). The van der Waals surface area contributed by atoms with E-state index in [9.17, 15) is 9.50 Å². The number of aryl methyl sites for hydroxylation is 1. The smallest absolute Gasteiger partial charge is 0.143 e. The lowest BCUT2D eigenvalue weighted by molar-refractivity contribution is 0.215. The zero-order chi connectivity index (χ0) is 15.0. The average molecular weight is 345 g/mol. The van der Waals surface area contributed by atoms with E-state index in [0.29, 0.717) is 4.47 Å². The summed E-state index contributed by atoms with van der Waals surface area (Å²) in [6.07, 6.45) is -0.992. The Morgan fingerprint density at radius 3 is 2.57 bits per heavy atom. The molecule has 3 heteroatoms. The molecule has 0 radical (unpaired) electrons. The lowest BCUT2D eigenvalue weighted by Gasteiger charge is -2.18. The molecular weight excluding hydrogens is 331 g/mol. The molecule has 0 aliphatic rings. The lowest BCUT2D eigenvalue weighted by Crippen LogP contribution is -2.06. The Morgan fingerprint density at radius 1 is 1.00 bits per heavy atom. The Hall–Kier alpha value is -1.71. The highest BCUT2D eigenvalue weighted by atomic mass is 79.9. The minimum absolute atomic E-state index is 0.281. The number of hydrogen-bond acceptors (Lipinski definition) is 1. The molecule has 1 nitrogen and oxygen atoms in total. The van der Waals surface area contributed by atoms with Crippen LogP contribution in [-0.4, -0.2) is 5.11 Å². The minimum atomic E-state index is -0.992. The quantitative estimate of drug-likeness (QED) is 0.683. The fraction of sp³-hybridized carbons (Fsp3) is 0.111. The normalized spacial score (nSPS) is 12.6. The van der Waals surface area contributed by atoms with Gasteiger partial charge < -0.3 is 5.11 Å². The number of hydrogen-bond donors (Lipinski definition) is 1. The van der Waals surface area contributed by atoms with Gasteiger partial charge in [0.05, 0.1) is 4.47 Å². The second kappa shape index (κ2) is 5.58. The van der Waals surface area contributed by atoms with Crippen molar-refractivity contribution in [1.82, 2.24) is 0 Å². The van der Waals surface area contributed by atoms with E-state index < -0.39 is 11.9 Å². The van der Waals surface area contributed by atoms with Crippen LogP contribution in [0, 0.1) is 12.7 Å². The summed E-state index contributed by atoms with van der Waals surface area (Å²) in [6, 6.07) is 16.8. The van der Waals surface area contributed by atoms with Gasteiger partial charge >= 0.3 is 0 Å². The molecule has 0 aromatic heterocycles. The van der Waals surface area contributed by atoms with E-state index in [1.54, 1.807) is 18.2 Å². The summed E-state index contributed by atoms with van der Waals surface area (Å²) in [6.45, 7) is 1.93. The van der Waals surface area contributed by atoms with Gasteiger partial charge in [0.1, 0.15) is 11.9 Å². The Labute approximate surface area is 131 Å². The van der Waals surface area contributed by atoms with Crippen molar-refractivity contribution in [3.8, 4) is 0 Å². The molecule has 3 aromatic carbocycles. The second-order valence-electron chi connectivity index (χ2n) is 5.06. The van der Waals surface area contributed by atoms with Crippen molar-refractivity contribution >= 4 is 26.7 Å². The first kappa shape index (κ1) is 14.2. The van der Waals surface area contributed by atoms with Gasteiger partial charge in [-0.25, -0.2) is 4.39 Å². The van der Waals surface area contributed by atoms with Crippen molar-refractivity contribution < 1.29 is 9.50 Å². The van der Waals surface area contributed by atoms with Gasteiger partial charge in [0.2, 0.25) is 0 Å². The van der Waals surface area contributed by atoms with Crippen LogP contribution in [-0.2, 0) is 0 Å². The van der Waals surface area contributed by atoms with Crippen molar-refractivity contribution in [3.05, 3.63) is 81.6 Å². The molecule has 3 aromatic rings. The molecule has 0 saturated carbocycles. The molecule has 106 valence electrons. The maximum Gasteiger partial charge on any atom is 0.143 e. The van der Waals surface area contributed by atoms with Crippen LogP contribution in [0.3, 0.4) is 0 Å². The molecular formula is C18H14BrFO. The van der Waals surface area contributed by atoms with Gasteiger partial charge in [0.15, 0.2) is 0 Å². The van der Waals surface area contributed by atoms with E-state index in [1.807, 2.05) is 43.3 Å². The Morgan fingerprint density at radius 2 is 1.76 bits per heavy atom. The third-order valence-corrected chi connectivity index (χ3v) is 4.35. The topological polar surface area (TPSA) is 20.2 Å². The van der Waals surface area contributed by atoms with Crippen LogP contribution in [0.25, 0.3) is 10.8 Å². The molecule has 1 unspecified atom stereocenters. The van der Waals surface area contributed by atoms with Crippen molar-refractivity contribution in [3.63, 3.8) is 0 Å². The van der Waals surface area contributed by atoms with Gasteiger partial charge in [-0.15, -0.1) is 0 Å². The third-order valence-electron chi connectivity index (χ3n) is 3.74. The van der Waals surface area contributed by atoms with E-state index in [4.69, 9.17) is 0 Å². The first-order valence-electron chi connectivity index (χ1n) is 6.70. The molecule has 0 spiro atoms. The summed E-state index contributed by atoms with van der Waals surface area (Å²) in [7, 11) is 0. The number of fused-ring (bicyclic) bond motifs is 1.